The van der Waals surface area contributed by atoms with E-state index >= 15 is 0 Å². The molecular weight excluding hydrogens is 410 g/mol. The Bertz CT molecular complexity index is 962. The van der Waals surface area contributed by atoms with Crippen LogP contribution in [0, 0.1) is 0 Å². The van der Waals surface area contributed by atoms with Crippen molar-refractivity contribution in [1.29, 1.82) is 0 Å². The first kappa shape index (κ1) is 23.2. The molecule has 1 aliphatic rings. The molecule has 0 aromatic heterocycles. The van der Waals surface area contributed by atoms with Gasteiger partial charge >= 0.3 is 0 Å². The van der Waals surface area contributed by atoms with Gasteiger partial charge < -0.3 is 15.0 Å². The molecule has 3 aromatic rings. The highest BCUT2D eigenvalue weighted by Crippen LogP contribution is 2.25. The minimum atomic E-state index is -0.273. The van der Waals surface area contributed by atoms with Gasteiger partial charge in [0.2, 0.25) is 5.91 Å². The van der Waals surface area contributed by atoms with Gasteiger partial charge in [0, 0.05) is 39.3 Å². The summed E-state index contributed by atoms with van der Waals surface area (Å²) >= 11 is 0. The summed E-state index contributed by atoms with van der Waals surface area (Å²) in [4.78, 5) is 17.4. The monoisotopic (exact) mass is 443 g/mol. The third-order valence-corrected chi connectivity index (χ3v) is 6.07. The molecule has 4 rings (SSSR count). The SMILES string of the molecule is CN1CCN(Cc2cccc(CNC(=O)COC(c3ccccc3)c3ccccc3)c2)CC1. The highest BCUT2D eigenvalue weighted by molar-refractivity contribution is 5.77. The van der Waals surface area contributed by atoms with E-state index in [1.807, 2.05) is 60.7 Å². The summed E-state index contributed by atoms with van der Waals surface area (Å²) in [7, 11) is 2.17. The lowest BCUT2D eigenvalue weighted by atomic mass is 10.0. The summed E-state index contributed by atoms with van der Waals surface area (Å²) in [6, 6.07) is 28.5. The maximum Gasteiger partial charge on any atom is 0.246 e. The summed E-state index contributed by atoms with van der Waals surface area (Å²) in [6.07, 6.45) is -0.273. The number of rotatable bonds is 9. The van der Waals surface area contributed by atoms with E-state index in [1.165, 1.54) is 5.56 Å². The van der Waals surface area contributed by atoms with Gasteiger partial charge in [-0.1, -0.05) is 84.9 Å². The van der Waals surface area contributed by atoms with Gasteiger partial charge in [0.1, 0.15) is 12.7 Å². The summed E-state index contributed by atoms with van der Waals surface area (Å²) in [5.41, 5.74) is 4.47. The first-order chi connectivity index (χ1) is 16.2. The molecule has 0 bridgehead atoms. The molecule has 1 N–H and O–H groups in total. The largest absolute Gasteiger partial charge is 0.359 e. The van der Waals surface area contributed by atoms with Crippen LogP contribution in [0.5, 0.6) is 0 Å². The number of hydrogen-bond acceptors (Lipinski definition) is 4. The molecule has 0 saturated carbocycles. The van der Waals surface area contributed by atoms with Crippen LogP contribution in [0.2, 0.25) is 0 Å². The quantitative estimate of drug-likeness (QED) is 0.546. The molecule has 1 saturated heterocycles. The molecule has 5 nitrogen and oxygen atoms in total. The number of benzene rings is 3. The molecular formula is C28H33N3O2. The zero-order chi connectivity index (χ0) is 22.9. The number of amides is 1. The van der Waals surface area contributed by atoms with E-state index < -0.39 is 0 Å². The minimum Gasteiger partial charge on any atom is -0.359 e. The maximum absolute atomic E-state index is 12.6. The van der Waals surface area contributed by atoms with E-state index in [1.54, 1.807) is 0 Å². The molecule has 1 fully saturated rings. The average molecular weight is 444 g/mol. The number of carbonyl (C=O) groups excluding carboxylic acids is 1. The van der Waals surface area contributed by atoms with Crippen LogP contribution in [0.3, 0.4) is 0 Å². The van der Waals surface area contributed by atoms with Crippen LogP contribution in [-0.4, -0.2) is 55.5 Å². The van der Waals surface area contributed by atoms with Gasteiger partial charge in [-0.3, -0.25) is 9.69 Å². The maximum atomic E-state index is 12.6. The van der Waals surface area contributed by atoms with Crippen LogP contribution in [0.1, 0.15) is 28.4 Å². The number of piperazine rings is 1. The molecule has 1 aliphatic heterocycles. The van der Waals surface area contributed by atoms with Gasteiger partial charge in [-0.15, -0.1) is 0 Å². The molecule has 3 aromatic carbocycles. The zero-order valence-corrected chi connectivity index (χ0v) is 19.3. The molecule has 33 heavy (non-hydrogen) atoms. The lowest BCUT2D eigenvalue weighted by molar-refractivity contribution is -0.127. The van der Waals surface area contributed by atoms with Crippen LogP contribution in [0.4, 0.5) is 0 Å². The van der Waals surface area contributed by atoms with Crippen molar-refractivity contribution in [2.75, 3.05) is 39.8 Å². The second kappa shape index (κ2) is 11.8. The van der Waals surface area contributed by atoms with Gasteiger partial charge in [0.05, 0.1) is 0 Å². The van der Waals surface area contributed by atoms with E-state index in [4.69, 9.17) is 4.74 Å². The standard InChI is InChI=1S/C28H33N3O2/c1-30-15-17-31(18-16-30)21-24-10-8-9-23(19-24)20-29-27(32)22-33-28(25-11-4-2-5-12-25)26-13-6-3-7-14-26/h2-14,19,28H,15-18,20-22H2,1H3,(H,29,32). The lowest BCUT2D eigenvalue weighted by Gasteiger charge is -2.32. The van der Waals surface area contributed by atoms with E-state index in [9.17, 15) is 4.79 Å². The van der Waals surface area contributed by atoms with Gasteiger partial charge in [-0.2, -0.15) is 0 Å². The number of nitrogens with one attached hydrogen (secondary N) is 1. The molecule has 0 atom stereocenters. The zero-order valence-electron chi connectivity index (χ0n) is 19.3. The first-order valence-corrected chi connectivity index (χ1v) is 11.6. The van der Waals surface area contributed by atoms with Crippen LogP contribution in [-0.2, 0) is 22.6 Å². The second-order valence-electron chi connectivity index (χ2n) is 8.69. The minimum absolute atomic E-state index is 0.00937. The van der Waals surface area contributed by atoms with Gasteiger partial charge in [0.25, 0.3) is 0 Å². The molecule has 1 heterocycles. The normalized spacial score (nSPS) is 15.0. The Morgan fingerprint density at radius 2 is 1.45 bits per heavy atom. The molecule has 0 unspecified atom stereocenters. The smallest absolute Gasteiger partial charge is 0.246 e. The van der Waals surface area contributed by atoms with E-state index in [-0.39, 0.29) is 18.6 Å². The topological polar surface area (TPSA) is 44.8 Å². The Balaban J connectivity index is 1.30. The van der Waals surface area contributed by atoms with Crippen molar-refractivity contribution in [2.24, 2.45) is 0 Å². The molecule has 172 valence electrons. The van der Waals surface area contributed by atoms with Crippen LogP contribution < -0.4 is 5.32 Å². The summed E-state index contributed by atoms with van der Waals surface area (Å²) in [5, 5.41) is 3.01. The molecule has 0 spiro atoms. The van der Waals surface area contributed by atoms with Crippen molar-refractivity contribution >= 4 is 5.91 Å². The number of hydrogen-bond donors (Lipinski definition) is 1. The Labute approximate surface area is 197 Å². The van der Waals surface area contributed by atoms with Crippen molar-refractivity contribution in [3.8, 4) is 0 Å². The Hall–Kier alpha value is -2.99. The third kappa shape index (κ3) is 6.99. The fourth-order valence-electron chi connectivity index (χ4n) is 4.15. The van der Waals surface area contributed by atoms with Crippen LogP contribution in [0.15, 0.2) is 84.9 Å². The number of likely N-dealkylation sites (N-methyl/N-ethyl adjacent to an activating group) is 1. The van der Waals surface area contributed by atoms with E-state index in [0.29, 0.717) is 6.54 Å². The Morgan fingerprint density at radius 1 is 0.848 bits per heavy atom. The van der Waals surface area contributed by atoms with Gasteiger partial charge in [0.15, 0.2) is 0 Å². The number of nitrogens with zero attached hydrogens (tertiary/aromatic N) is 2. The highest BCUT2D eigenvalue weighted by atomic mass is 16.5. The van der Waals surface area contributed by atoms with Crippen molar-refractivity contribution in [2.45, 2.75) is 19.2 Å². The van der Waals surface area contributed by atoms with E-state index in [0.717, 1.165) is 49.4 Å². The molecule has 5 heteroatoms. The average Bonchev–Trinajstić information content (AvgIpc) is 2.86. The lowest BCUT2D eigenvalue weighted by Crippen LogP contribution is -2.43. The first-order valence-electron chi connectivity index (χ1n) is 11.6. The van der Waals surface area contributed by atoms with Crippen LogP contribution in [0.25, 0.3) is 0 Å². The summed E-state index contributed by atoms with van der Waals surface area (Å²) in [5.74, 6) is -0.115. The highest BCUT2D eigenvalue weighted by Gasteiger charge is 2.16. The predicted molar refractivity (Wildman–Crippen MR) is 132 cm³/mol. The number of carbonyl (C=O) groups is 1. The van der Waals surface area contributed by atoms with Crippen molar-refractivity contribution < 1.29 is 9.53 Å². The fourth-order valence-corrected chi connectivity index (χ4v) is 4.15. The van der Waals surface area contributed by atoms with Crippen molar-refractivity contribution in [3.63, 3.8) is 0 Å². The molecule has 0 radical (unpaired) electrons. The van der Waals surface area contributed by atoms with Crippen LogP contribution >= 0.6 is 0 Å². The Kier molecular flexibility index (Phi) is 8.25. The van der Waals surface area contributed by atoms with Gasteiger partial charge in [-0.05, 0) is 29.3 Å². The van der Waals surface area contributed by atoms with E-state index in [2.05, 4.69) is 46.4 Å². The second-order valence-corrected chi connectivity index (χ2v) is 8.69. The number of ether oxygens (including phenoxy) is 1. The molecule has 1 amide bonds. The fraction of sp³-hybridized carbons (Fsp3) is 0.321. The third-order valence-electron chi connectivity index (χ3n) is 6.07. The van der Waals surface area contributed by atoms with Crippen molar-refractivity contribution in [1.82, 2.24) is 15.1 Å². The van der Waals surface area contributed by atoms with Crippen molar-refractivity contribution in [3.05, 3.63) is 107 Å². The Morgan fingerprint density at radius 3 is 2.09 bits per heavy atom. The predicted octanol–water partition coefficient (Wildman–Crippen LogP) is 3.86. The van der Waals surface area contributed by atoms with Gasteiger partial charge in [-0.25, -0.2) is 0 Å². The molecule has 0 aliphatic carbocycles. The summed E-state index contributed by atoms with van der Waals surface area (Å²) < 4.78 is 6.07. The summed E-state index contributed by atoms with van der Waals surface area (Å²) in [6.45, 7) is 5.88.